The Kier molecular flexibility index (Phi) is 6.58. The molecule has 1 aromatic heterocycles. The van der Waals surface area contributed by atoms with Crippen molar-refractivity contribution in [3.8, 4) is 0 Å². The molecular weight excluding hydrogens is 364 g/mol. The summed E-state index contributed by atoms with van der Waals surface area (Å²) < 4.78 is 1.84. The highest BCUT2D eigenvalue weighted by Gasteiger charge is 2.08. The Morgan fingerprint density at radius 3 is 2.48 bits per heavy atom. The first-order chi connectivity index (χ1) is 14.0. The van der Waals surface area contributed by atoms with Gasteiger partial charge in [-0.2, -0.15) is 5.10 Å². The van der Waals surface area contributed by atoms with Crippen LogP contribution in [-0.2, 0) is 17.9 Å². The van der Waals surface area contributed by atoms with Gasteiger partial charge in [-0.1, -0.05) is 42.5 Å². The van der Waals surface area contributed by atoms with E-state index in [0.29, 0.717) is 18.7 Å². The number of carbonyl (C=O) groups is 2. The van der Waals surface area contributed by atoms with Crippen molar-refractivity contribution < 1.29 is 9.59 Å². The lowest BCUT2D eigenvalue weighted by atomic mass is 10.1. The van der Waals surface area contributed by atoms with E-state index in [1.54, 1.807) is 49.5 Å². The van der Waals surface area contributed by atoms with Crippen molar-refractivity contribution in [3.63, 3.8) is 0 Å². The van der Waals surface area contributed by atoms with Crippen molar-refractivity contribution >= 4 is 17.9 Å². The minimum absolute atomic E-state index is 0.101. The van der Waals surface area contributed by atoms with Crippen molar-refractivity contribution in [2.75, 3.05) is 14.1 Å². The van der Waals surface area contributed by atoms with Crippen LogP contribution in [0.2, 0.25) is 0 Å². The summed E-state index contributed by atoms with van der Waals surface area (Å²) in [4.78, 5) is 25.6. The maximum Gasteiger partial charge on any atom is 0.251 e. The first-order valence-electron chi connectivity index (χ1n) is 9.36. The molecule has 29 heavy (non-hydrogen) atoms. The molecule has 2 amide bonds. The molecule has 0 aliphatic carbocycles. The summed E-state index contributed by atoms with van der Waals surface area (Å²) >= 11 is 0. The van der Waals surface area contributed by atoms with Crippen LogP contribution in [0.3, 0.4) is 0 Å². The smallest absolute Gasteiger partial charge is 0.251 e. The zero-order valence-electron chi connectivity index (χ0n) is 16.6. The van der Waals surface area contributed by atoms with E-state index in [0.717, 1.165) is 11.1 Å². The molecule has 148 valence electrons. The van der Waals surface area contributed by atoms with Crippen LogP contribution in [0.1, 0.15) is 27.0 Å². The molecular formula is C23H24N4O2. The highest BCUT2D eigenvalue weighted by Crippen LogP contribution is 2.09. The standard InChI is InChI=1S/C23H24N4O2/c1-24-23(29)21-11-8-19(9-12-21)15-26(2)22(28)13-10-20-14-25-27(17-20)16-18-6-4-3-5-7-18/h3-14,17H,15-16H2,1-2H3,(H,24,29)/b13-10+. The highest BCUT2D eigenvalue weighted by molar-refractivity contribution is 5.94. The summed E-state index contributed by atoms with van der Waals surface area (Å²) in [6.07, 6.45) is 6.96. The molecule has 0 fully saturated rings. The third-order valence-corrected chi connectivity index (χ3v) is 4.50. The molecule has 0 unspecified atom stereocenters. The molecule has 0 radical (unpaired) electrons. The largest absolute Gasteiger partial charge is 0.355 e. The first-order valence-corrected chi connectivity index (χ1v) is 9.36. The Balaban J connectivity index is 1.55. The average molecular weight is 388 g/mol. The molecule has 0 aliphatic rings. The molecule has 6 heteroatoms. The molecule has 1 heterocycles. The fraction of sp³-hybridized carbons (Fsp3) is 0.174. The molecule has 0 aliphatic heterocycles. The van der Waals surface area contributed by atoms with Gasteiger partial charge in [0.25, 0.3) is 5.91 Å². The lowest BCUT2D eigenvalue weighted by Crippen LogP contribution is -2.24. The van der Waals surface area contributed by atoms with Crippen molar-refractivity contribution in [3.05, 3.63) is 95.3 Å². The summed E-state index contributed by atoms with van der Waals surface area (Å²) in [6, 6.07) is 17.3. The van der Waals surface area contributed by atoms with E-state index in [-0.39, 0.29) is 11.8 Å². The van der Waals surface area contributed by atoms with Gasteiger partial charge in [-0.3, -0.25) is 14.3 Å². The van der Waals surface area contributed by atoms with Gasteiger partial charge in [0.1, 0.15) is 0 Å². The molecule has 6 nitrogen and oxygen atoms in total. The van der Waals surface area contributed by atoms with Crippen LogP contribution >= 0.6 is 0 Å². The number of rotatable bonds is 7. The van der Waals surface area contributed by atoms with Gasteiger partial charge in [0.05, 0.1) is 12.7 Å². The number of benzene rings is 2. The van der Waals surface area contributed by atoms with Gasteiger partial charge in [0.2, 0.25) is 5.91 Å². The number of likely N-dealkylation sites (N-methyl/N-ethyl adjacent to an activating group) is 1. The predicted molar refractivity (Wildman–Crippen MR) is 113 cm³/mol. The molecule has 0 atom stereocenters. The second kappa shape index (κ2) is 9.50. The molecule has 0 spiro atoms. The van der Waals surface area contributed by atoms with Crippen LogP contribution in [0, 0.1) is 0 Å². The topological polar surface area (TPSA) is 67.2 Å². The Morgan fingerprint density at radius 1 is 1.07 bits per heavy atom. The van der Waals surface area contributed by atoms with Crippen LogP contribution < -0.4 is 5.32 Å². The number of hydrogen-bond acceptors (Lipinski definition) is 3. The number of nitrogens with one attached hydrogen (secondary N) is 1. The first kappa shape index (κ1) is 20.1. The van der Waals surface area contributed by atoms with E-state index < -0.39 is 0 Å². The van der Waals surface area contributed by atoms with Crippen LogP contribution in [0.25, 0.3) is 6.08 Å². The minimum Gasteiger partial charge on any atom is -0.355 e. The van der Waals surface area contributed by atoms with Gasteiger partial charge in [0, 0.05) is 44.0 Å². The summed E-state index contributed by atoms with van der Waals surface area (Å²) in [6.45, 7) is 1.15. The third kappa shape index (κ3) is 5.65. The van der Waals surface area contributed by atoms with E-state index in [1.165, 1.54) is 5.56 Å². The lowest BCUT2D eigenvalue weighted by Gasteiger charge is -2.15. The fourth-order valence-electron chi connectivity index (χ4n) is 2.87. The van der Waals surface area contributed by atoms with Gasteiger partial charge in [-0.15, -0.1) is 0 Å². The van der Waals surface area contributed by atoms with E-state index in [1.807, 2.05) is 41.2 Å². The third-order valence-electron chi connectivity index (χ3n) is 4.50. The Hall–Kier alpha value is -3.67. The fourth-order valence-corrected chi connectivity index (χ4v) is 2.87. The molecule has 0 saturated carbocycles. The van der Waals surface area contributed by atoms with Crippen LogP contribution in [0.15, 0.2) is 73.1 Å². The number of nitrogens with zero attached hydrogens (tertiary/aromatic N) is 3. The number of hydrogen-bond donors (Lipinski definition) is 1. The lowest BCUT2D eigenvalue weighted by molar-refractivity contribution is -0.125. The summed E-state index contributed by atoms with van der Waals surface area (Å²) in [5.41, 5.74) is 3.59. The zero-order chi connectivity index (χ0) is 20.6. The van der Waals surface area contributed by atoms with Gasteiger partial charge in [-0.25, -0.2) is 0 Å². The zero-order valence-corrected chi connectivity index (χ0v) is 16.6. The van der Waals surface area contributed by atoms with Gasteiger partial charge in [-0.05, 0) is 29.3 Å². The number of aromatic nitrogens is 2. The van der Waals surface area contributed by atoms with E-state index in [9.17, 15) is 9.59 Å². The highest BCUT2D eigenvalue weighted by atomic mass is 16.2. The second-order valence-electron chi connectivity index (χ2n) is 6.76. The van der Waals surface area contributed by atoms with Crippen molar-refractivity contribution in [2.24, 2.45) is 0 Å². The van der Waals surface area contributed by atoms with E-state index in [4.69, 9.17) is 0 Å². The quantitative estimate of drug-likeness (QED) is 0.633. The summed E-state index contributed by atoms with van der Waals surface area (Å²) in [5.74, 6) is -0.229. The normalized spacial score (nSPS) is 10.8. The van der Waals surface area contributed by atoms with Gasteiger partial charge >= 0.3 is 0 Å². The molecule has 1 N–H and O–H groups in total. The maximum absolute atomic E-state index is 12.4. The molecule has 3 aromatic rings. The van der Waals surface area contributed by atoms with Gasteiger partial charge < -0.3 is 10.2 Å². The molecule has 0 bridgehead atoms. The SMILES string of the molecule is CNC(=O)c1ccc(CN(C)C(=O)/C=C/c2cnn(Cc3ccccc3)c2)cc1. The van der Waals surface area contributed by atoms with E-state index >= 15 is 0 Å². The van der Waals surface area contributed by atoms with Crippen LogP contribution in [-0.4, -0.2) is 40.6 Å². The van der Waals surface area contributed by atoms with Crippen molar-refractivity contribution in [1.29, 1.82) is 0 Å². The predicted octanol–water partition coefficient (Wildman–Crippen LogP) is 2.96. The van der Waals surface area contributed by atoms with Gasteiger partial charge in [0.15, 0.2) is 0 Å². The second-order valence-corrected chi connectivity index (χ2v) is 6.76. The van der Waals surface area contributed by atoms with E-state index in [2.05, 4.69) is 22.5 Å². The Bertz CT molecular complexity index is 991. The van der Waals surface area contributed by atoms with Crippen molar-refractivity contribution in [1.82, 2.24) is 20.0 Å². The van der Waals surface area contributed by atoms with Crippen LogP contribution in [0.4, 0.5) is 0 Å². The van der Waals surface area contributed by atoms with Crippen molar-refractivity contribution in [2.45, 2.75) is 13.1 Å². The molecule has 2 aromatic carbocycles. The Labute approximate surface area is 170 Å². The molecule has 0 saturated heterocycles. The average Bonchev–Trinajstić information content (AvgIpc) is 3.20. The number of amides is 2. The maximum atomic E-state index is 12.4. The number of carbonyl (C=O) groups excluding carboxylic acids is 2. The summed E-state index contributed by atoms with van der Waals surface area (Å²) in [5, 5.41) is 6.93. The summed E-state index contributed by atoms with van der Waals surface area (Å²) in [7, 11) is 3.35. The van der Waals surface area contributed by atoms with Crippen LogP contribution in [0.5, 0.6) is 0 Å². The minimum atomic E-state index is -0.128. The Morgan fingerprint density at radius 2 is 1.79 bits per heavy atom. The molecule has 3 rings (SSSR count). The monoisotopic (exact) mass is 388 g/mol.